The fourth-order valence-electron chi connectivity index (χ4n) is 4.20. The van der Waals surface area contributed by atoms with E-state index in [-0.39, 0.29) is 55.0 Å². The van der Waals surface area contributed by atoms with E-state index >= 15 is 0 Å². The van der Waals surface area contributed by atoms with Gasteiger partial charge in [0.25, 0.3) is 0 Å². The van der Waals surface area contributed by atoms with Crippen molar-refractivity contribution in [2.24, 2.45) is 11.8 Å². The molecule has 7 nitrogen and oxygen atoms in total. The van der Waals surface area contributed by atoms with Gasteiger partial charge >= 0.3 is 0 Å². The number of hydrogen-bond acceptors (Lipinski definition) is 4. The molecule has 4 amide bonds. The molecular weight excluding hydrogens is 382 g/mol. The number of rotatable bonds is 7. The third-order valence-corrected chi connectivity index (χ3v) is 6.16. The Morgan fingerprint density at radius 1 is 1.13 bits per heavy atom. The summed E-state index contributed by atoms with van der Waals surface area (Å²) in [7, 11) is 1.53. The van der Waals surface area contributed by atoms with Gasteiger partial charge in [-0.2, -0.15) is 0 Å². The lowest BCUT2D eigenvalue weighted by molar-refractivity contribution is -0.143. The maximum atomic E-state index is 13.1. The van der Waals surface area contributed by atoms with Gasteiger partial charge in [0.1, 0.15) is 6.04 Å². The molecule has 1 aromatic carbocycles. The molecule has 0 unspecified atom stereocenters. The van der Waals surface area contributed by atoms with Crippen molar-refractivity contribution in [1.29, 1.82) is 0 Å². The van der Waals surface area contributed by atoms with Crippen LogP contribution in [0.3, 0.4) is 0 Å². The van der Waals surface area contributed by atoms with Crippen LogP contribution in [0.4, 0.5) is 0 Å². The van der Waals surface area contributed by atoms with Crippen LogP contribution >= 0.6 is 0 Å². The second-order valence-corrected chi connectivity index (χ2v) is 7.97. The Bertz CT molecular complexity index is 853. The number of carbonyl (C=O) groups is 4. The zero-order valence-corrected chi connectivity index (χ0v) is 17.8. The first kappa shape index (κ1) is 21.7. The van der Waals surface area contributed by atoms with Gasteiger partial charge in [0.2, 0.25) is 23.6 Å². The van der Waals surface area contributed by atoms with Crippen LogP contribution in [-0.2, 0) is 25.7 Å². The summed E-state index contributed by atoms with van der Waals surface area (Å²) in [4.78, 5) is 53.4. The number of amides is 4. The van der Waals surface area contributed by atoms with Crippen molar-refractivity contribution in [3.8, 4) is 0 Å². The third kappa shape index (κ3) is 4.30. The van der Waals surface area contributed by atoms with Crippen molar-refractivity contribution < 1.29 is 19.2 Å². The summed E-state index contributed by atoms with van der Waals surface area (Å²) in [6.07, 6.45) is 5.03. The summed E-state index contributed by atoms with van der Waals surface area (Å²) < 4.78 is 0. The lowest BCUT2D eigenvalue weighted by atomic mass is 9.85. The second-order valence-electron chi connectivity index (χ2n) is 7.97. The average molecular weight is 412 g/mol. The van der Waals surface area contributed by atoms with Crippen molar-refractivity contribution in [3.63, 3.8) is 0 Å². The molecule has 7 heteroatoms. The van der Waals surface area contributed by atoms with Gasteiger partial charge in [-0.05, 0) is 37.8 Å². The molecule has 30 heavy (non-hydrogen) atoms. The number of aryl methyl sites for hydroxylation is 1. The number of carbonyl (C=O) groups excluding carboxylic acids is 4. The van der Waals surface area contributed by atoms with Crippen molar-refractivity contribution in [2.75, 3.05) is 13.6 Å². The highest BCUT2D eigenvalue weighted by atomic mass is 16.2. The number of imide groups is 1. The Morgan fingerprint density at radius 2 is 1.73 bits per heavy atom. The van der Waals surface area contributed by atoms with Crippen LogP contribution in [0.1, 0.15) is 37.3 Å². The molecule has 0 aromatic heterocycles. The van der Waals surface area contributed by atoms with E-state index < -0.39 is 6.04 Å². The monoisotopic (exact) mass is 411 g/mol. The standard InChI is InChI=1S/C23H29N3O4/c1-15-8-4-5-9-17(15)14-26(16(2)21(28)24-3)20(27)12-13-25-22(29)18-10-6-7-11-19(18)23(25)30/h4-9,16,18-19H,10-14H2,1-3H3,(H,24,28)/t16-,18-,19+/m1/s1. The Morgan fingerprint density at radius 3 is 2.30 bits per heavy atom. The first-order valence-electron chi connectivity index (χ1n) is 10.4. The van der Waals surface area contributed by atoms with E-state index in [1.807, 2.05) is 43.3 Å². The molecule has 0 saturated carbocycles. The molecule has 1 aromatic rings. The van der Waals surface area contributed by atoms with Crippen molar-refractivity contribution in [2.45, 2.75) is 45.7 Å². The van der Waals surface area contributed by atoms with Crippen LogP contribution in [0, 0.1) is 18.8 Å². The molecule has 2 aliphatic rings. The van der Waals surface area contributed by atoms with E-state index in [0.29, 0.717) is 12.8 Å². The normalized spacial score (nSPS) is 21.4. The van der Waals surface area contributed by atoms with E-state index in [1.165, 1.54) is 16.8 Å². The smallest absolute Gasteiger partial charge is 0.242 e. The van der Waals surface area contributed by atoms with Crippen molar-refractivity contribution >= 4 is 23.6 Å². The lowest BCUT2D eigenvalue weighted by Crippen LogP contribution is -2.47. The SMILES string of the molecule is CNC(=O)[C@@H](C)N(Cc1ccccc1C)C(=O)CCN1C(=O)[C@H]2CC=CC[C@H]2C1=O. The summed E-state index contributed by atoms with van der Waals surface area (Å²) in [5, 5.41) is 2.59. The number of fused-ring (bicyclic) bond motifs is 1. The predicted octanol–water partition coefficient (Wildman–Crippen LogP) is 1.80. The van der Waals surface area contributed by atoms with Crippen LogP contribution < -0.4 is 5.32 Å². The van der Waals surface area contributed by atoms with Crippen LogP contribution in [-0.4, -0.2) is 53.1 Å². The molecule has 1 aliphatic carbocycles. The quantitative estimate of drug-likeness (QED) is 0.548. The minimum absolute atomic E-state index is 0.00242. The minimum Gasteiger partial charge on any atom is -0.357 e. The highest BCUT2D eigenvalue weighted by molar-refractivity contribution is 6.05. The number of allylic oxidation sites excluding steroid dienone is 2. The molecule has 1 heterocycles. The first-order valence-corrected chi connectivity index (χ1v) is 10.4. The highest BCUT2D eigenvalue weighted by Gasteiger charge is 2.47. The Kier molecular flexibility index (Phi) is 6.70. The molecule has 3 atom stereocenters. The van der Waals surface area contributed by atoms with Gasteiger partial charge < -0.3 is 10.2 Å². The van der Waals surface area contributed by atoms with E-state index in [4.69, 9.17) is 0 Å². The van der Waals surface area contributed by atoms with Crippen LogP contribution in [0.15, 0.2) is 36.4 Å². The molecule has 3 rings (SSSR count). The number of hydrogen-bond donors (Lipinski definition) is 1. The van der Waals surface area contributed by atoms with Crippen LogP contribution in [0.2, 0.25) is 0 Å². The summed E-state index contributed by atoms with van der Waals surface area (Å²) in [5.41, 5.74) is 1.98. The maximum absolute atomic E-state index is 13.1. The summed E-state index contributed by atoms with van der Waals surface area (Å²) in [5.74, 6) is -1.50. The van der Waals surface area contributed by atoms with Gasteiger partial charge in [-0.1, -0.05) is 36.4 Å². The van der Waals surface area contributed by atoms with E-state index in [2.05, 4.69) is 5.32 Å². The second kappa shape index (κ2) is 9.24. The van der Waals surface area contributed by atoms with Crippen molar-refractivity contribution in [1.82, 2.24) is 15.1 Å². The Labute approximate surface area is 177 Å². The van der Waals surface area contributed by atoms with Crippen molar-refractivity contribution in [3.05, 3.63) is 47.5 Å². The Balaban J connectivity index is 1.71. The number of likely N-dealkylation sites (tertiary alicyclic amines) is 1. The molecule has 1 N–H and O–H groups in total. The van der Waals surface area contributed by atoms with Gasteiger partial charge in [0.05, 0.1) is 11.8 Å². The van der Waals surface area contributed by atoms with Gasteiger partial charge in [0.15, 0.2) is 0 Å². The Hall–Kier alpha value is -2.96. The minimum atomic E-state index is -0.668. The summed E-state index contributed by atoms with van der Waals surface area (Å²) >= 11 is 0. The highest BCUT2D eigenvalue weighted by Crippen LogP contribution is 2.35. The van der Waals surface area contributed by atoms with E-state index in [9.17, 15) is 19.2 Å². The molecule has 1 fully saturated rings. The van der Waals surface area contributed by atoms with E-state index in [1.54, 1.807) is 6.92 Å². The number of nitrogens with one attached hydrogen (secondary N) is 1. The molecule has 0 spiro atoms. The number of likely N-dealkylation sites (N-methyl/N-ethyl adjacent to an activating group) is 1. The predicted molar refractivity (Wildman–Crippen MR) is 112 cm³/mol. The summed E-state index contributed by atoms with van der Waals surface area (Å²) in [6.45, 7) is 3.98. The molecule has 1 saturated heterocycles. The number of nitrogens with zero attached hydrogens (tertiary/aromatic N) is 2. The largest absolute Gasteiger partial charge is 0.357 e. The number of benzene rings is 1. The first-order chi connectivity index (χ1) is 14.3. The van der Waals surface area contributed by atoms with Gasteiger partial charge in [0, 0.05) is 26.6 Å². The molecular formula is C23H29N3O4. The van der Waals surface area contributed by atoms with Crippen LogP contribution in [0.5, 0.6) is 0 Å². The molecule has 0 bridgehead atoms. The average Bonchev–Trinajstić information content (AvgIpc) is 3.00. The fraction of sp³-hybridized carbons (Fsp3) is 0.478. The topological polar surface area (TPSA) is 86.8 Å². The third-order valence-electron chi connectivity index (χ3n) is 6.16. The lowest BCUT2D eigenvalue weighted by Gasteiger charge is -2.29. The zero-order valence-electron chi connectivity index (χ0n) is 17.8. The summed E-state index contributed by atoms with van der Waals surface area (Å²) in [6, 6.07) is 7.04. The zero-order chi connectivity index (χ0) is 21.8. The maximum Gasteiger partial charge on any atom is 0.242 e. The van der Waals surface area contributed by atoms with E-state index in [0.717, 1.165) is 11.1 Å². The van der Waals surface area contributed by atoms with Gasteiger partial charge in [-0.3, -0.25) is 24.1 Å². The molecule has 1 aliphatic heterocycles. The molecule has 160 valence electrons. The molecule has 0 radical (unpaired) electrons. The van der Waals surface area contributed by atoms with Crippen LogP contribution in [0.25, 0.3) is 0 Å². The van der Waals surface area contributed by atoms with Gasteiger partial charge in [-0.15, -0.1) is 0 Å². The van der Waals surface area contributed by atoms with Gasteiger partial charge in [-0.25, -0.2) is 0 Å². The fourth-order valence-corrected chi connectivity index (χ4v) is 4.20.